The number of aromatic nitrogens is 6. The molecule has 5 N–H and O–H groups in total. The molecule has 0 unspecified atom stereocenters. The van der Waals surface area contributed by atoms with Crippen LogP contribution in [0.25, 0.3) is 10.3 Å². The Hall–Kier alpha value is -3.80. The Balaban J connectivity index is 1.61. The monoisotopic (exact) mass is 425 g/mol. The molecule has 4 rings (SSSR count). The summed E-state index contributed by atoms with van der Waals surface area (Å²) in [7, 11) is 3.41. The van der Waals surface area contributed by atoms with Gasteiger partial charge in [0.15, 0.2) is 5.65 Å². The van der Waals surface area contributed by atoms with E-state index in [-0.39, 0.29) is 12.1 Å². The number of carbonyl (C=O) groups excluding carboxylic acids is 2. The lowest BCUT2D eigenvalue weighted by atomic mass is 10.2. The molecule has 30 heavy (non-hydrogen) atoms. The van der Waals surface area contributed by atoms with Gasteiger partial charge in [0.1, 0.15) is 10.7 Å². The minimum Gasteiger partial charge on any atom is -0.365 e. The molecule has 0 saturated carbocycles. The average molecular weight is 425 g/mol. The predicted molar refractivity (Wildman–Crippen MR) is 111 cm³/mol. The fourth-order valence-corrected chi connectivity index (χ4v) is 4.44. The van der Waals surface area contributed by atoms with Crippen LogP contribution >= 0.6 is 11.3 Å². The Bertz CT molecular complexity index is 1260. The van der Waals surface area contributed by atoms with Crippen molar-refractivity contribution < 1.29 is 9.59 Å². The van der Waals surface area contributed by atoms with Crippen LogP contribution in [0.1, 0.15) is 42.8 Å². The van der Waals surface area contributed by atoms with E-state index >= 15 is 0 Å². The quantitative estimate of drug-likeness (QED) is 0.320. The van der Waals surface area contributed by atoms with E-state index in [2.05, 4.69) is 25.6 Å². The zero-order valence-electron chi connectivity index (χ0n) is 16.3. The van der Waals surface area contributed by atoms with Gasteiger partial charge in [-0.3, -0.25) is 19.4 Å². The molecular formula is C18H19N9O2S. The van der Waals surface area contributed by atoms with Gasteiger partial charge >= 0.3 is 0 Å². The molecule has 4 heterocycles. The predicted octanol–water partition coefficient (Wildman–Crippen LogP) is 0.709. The molecule has 0 aliphatic heterocycles. The number of amides is 2. The number of carbonyl (C=O) groups is 2. The zero-order valence-corrected chi connectivity index (χ0v) is 17.1. The first kappa shape index (κ1) is 19.5. The van der Waals surface area contributed by atoms with E-state index in [1.54, 1.807) is 24.9 Å². The second kappa shape index (κ2) is 7.55. The lowest BCUT2D eigenvalue weighted by Gasteiger charge is -2.07. The number of nitrogens with two attached hydrogens (primary N) is 1. The van der Waals surface area contributed by atoms with Crippen molar-refractivity contribution in [1.82, 2.24) is 34.8 Å². The third-order valence-corrected chi connectivity index (χ3v) is 5.73. The van der Waals surface area contributed by atoms with E-state index in [9.17, 15) is 9.59 Å². The maximum atomic E-state index is 12.9. The Kier molecular flexibility index (Phi) is 4.91. The van der Waals surface area contributed by atoms with Crippen molar-refractivity contribution in [3.05, 3.63) is 51.7 Å². The molecule has 154 valence electrons. The minimum absolute atomic E-state index is 0.0344. The Labute approximate surface area is 174 Å². The smallest absolute Gasteiger partial charge is 0.269 e. The molecule has 0 aliphatic rings. The Morgan fingerprint density at radius 2 is 2.20 bits per heavy atom. The summed E-state index contributed by atoms with van der Waals surface area (Å²) in [6, 6.07) is 1.88. The van der Waals surface area contributed by atoms with Crippen molar-refractivity contribution in [1.29, 1.82) is 5.41 Å². The molecule has 11 nitrogen and oxygen atoms in total. The van der Waals surface area contributed by atoms with Gasteiger partial charge in [-0.1, -0.05) is 0 Å². The van der Waals surface area contributed by atoms with E-state index in [1.807, 2.05) is 6.07 Å². The molecule has 0 aromatic carbocycles. The number of rotatable bonds is 7. The summed E-state index contributed by atoms with van der Waals surface area (Å²) in [6.07, 6.45) is 4.94. The fraction of sp³-hybridized carbons (Fsp3) is 0.222. The number of aryl methyl sites for hydroxylation is 2. The molecule has 0 saturated heterocycles. The van der Waals surface area contributed by atoms with E-state index in [0.29, 0.717) is 29.0 Å². The summed E-state index contributed by atoms with van der Waals surface area (Å²) in [5.74, 6) is -1.00. The number of nitrogens with zero attached hydrogens (tertiary/aromatic N) is 5. The second-order valence-electron chi connectivity index (χ2n) is 6.69. The van der Waals surface area contributed by atoms with Crippen LogP contribution in [-0.4, -0.2) is 47.6 Å². The molecule has 12 heteroatoms. The van der Waals surface area contributed by atoms with Crippen LogP contribution in [0.4, 0.5) is 0 Å². The van der Waals surface area contributed by atoms with Crippen molar-refractivity contribution in [2.24, 2.45) is 19.8 Å². The number of nitrogens with one attached hydrogen (secondary N) is 3. The number of fused-ring (bicyclic) bond motifs is 1. The SMILES string of the molecule is Cn1cc(C(N)=O)c(CNC(=O)c2c(C=N)c3sc(Cc4ccn[nH]4)nc3n2C)n1. The van der Waals surface area contributed by atoms with E-state index in [4.69, 9.17) is 11.1 Å². The minimum atomic E-state index is -0.610. The van der Waals surface area contributed by atoms with E-state index in [1.165, 1.54) is 22.2 Å². The first-order valence-corrected chi connectivity index (χ1v) is 9.78. The highest BCUT2D eigenvalue weighted by molar-refractivity contribution is 7.19. The standard InChI is InChI=1S/C18H19N9O2S/c1-26-8-11(16(20)28)12(25-26)7-21-18(29)14-10(6-19)15-17(27(14)2)23-13(30-15)5-9-3-4-22-24-9/h3-4,6,8,19H,5,7H2,1-2H3,(H2,20,28)(H,21,29)(H,22,24). The van der Waals surface area contributed by atoms with Gasteiger partial charge in [-0.15, -0.1) is 11.3 Å². The summed E-state index contributed by atoms with van der Waals surface area (Å²) < 4.78 is 3.91. The van der Waals surface area contributed by atoms with Crippen molar-refractivity contribution in [3.8, 4) is 0 Å². The maximum Gasteiger partial charge on any atom is 0.269 e. The van der Waals surface area contributed by atoms with Crippen LogP contribution in [0, 0.1) is 5.41 Å². The summed E-state index contributed by atoms with van der Waals surface area (Å²) in [5, 5.41) is 22.5. The van der Waals surface area contributed by atoms with Crippen LogP contribution in [-0.2, 0) is 27.1 Å². The normalized spacial score (nSPS) is 11.1. The van der Waals surface area contributed by atoms with Gasteiger partial charge in [-0.2, -0.15) is 10.2 Å². The van der Waals surface area contributed by atoms with Gasteiger partial charge in [0.25, 0.3) is 11.8 Å². The van der Waals surface area contributed by atoms with E-state index < -0.39 is 11.8 Å². The van der Waals surface area contributed by atoms with Crippen molar-refractivity contribution in [2.75, 3.05) is 0 Å². The number of aromatic amines is 1. The largest absolute Gasteiger partial charge is 0.365 e. The molecule has 2 amide bonds. The Morgan fingerprint density at radius 3 is 2.87 bits per heavy atom. The molecule has 0 atom stereocenters. The summed E-state index contributed by atoms with van der Waals surface area (Å²) in [5.41, 5.74) is 8.38. The Morgan fingerprint density at radius 1 is 1.40 bits per heavy atom. The molecule has 0 spiro atoms. The van der Waals surface area contributed by atoms with Crippen LogP contribution in [0.15, 0.2) is 18.5 Å². The topological polar surface area (TPSA) is 160 Å². The lowest BCUT2D eigenvalue weighted by molar-refractivity contribution is 0.0938. The van der Waals surface area contributed by atoms with Gasteiger partial charge in [0.2, 0.25) is 0 Å². The lowest BCUT2D eigenvalue weighted by Crippen LogP contribution is -2.27. The number of H-pyrrole nitrogens is 1. The molecular weight excluding hydrogens is 406 g/mol. The summed E-state index contributed by atoms with van der Waals surface area (Å²) >= 11 is 1.44. The summed E-state index contributed by atoms with van der Waals surface area (Å²) in [6.45, 7) is 0.0344. The molecule has 4 aromatic heterocycles. The third kappa shape index (κ3) is 3.37. The van der Waals surface area contributed by atoms with Crippen molar-refractivity contribution in [3.63, 3.8) is 0 Å². The first-order chi connectivity index (χ1) is 14.4. The molecule has 0 aliphatic carbocycles. The second-order valence-corrected chi connectivity index (χ2v) is 7.78. The molecule has 0 radical (unpaired) electrons. The van der Waals surface area contributed by atoms with Gasteiger partial charge in [0, 0.05) is 50.4 Å². The van der Waals surface area contributed by atoms with Gasteiger partial charge in [-0.25, -0.2) is 4.98 Å². The average Bonchev–Trinajstić information content (AvgIpc) is 3.46. The molecule has 0 fully saturated rings. The van der Waals surface area contributed by atoms with Gasteiger partial charge in [0.05, 0.1) is 22.5 Å². The zero-order chi connectivity index (χ0) is 21.4. The van der Waals surface area contributed by atoms with Crippen LogP contribution in [0.5, 0.6) is 0 Å². The number of thiazole rings is 1. The fourth-order valence-electron chi connectivity index (χ4n) is 3.30. The number of primary amides is 1. The molecule has 4 aromatic rings. The maximum absolute atomic E-state index is 12.9. The first-order valence-electron chi connectivity index (χ1n) is 8.96. The van der Waals surface area contributed by atoms with E-state index in [0.717, 1.165) is 21.6 Å². The molecule has 0 bridgehead atoms. The number of hydrogen-bond donors (Lipinski definition) is 4. The number of hydrogen-bond acceptors (Lipinski definition) is 7. The highest BCUT2D eigenvalue weighted by Gasteiger charge is 2.24. The highest BCUT2D eigenvalue weighted by atomic mass is 32.1. The third-order valence-electron chi connectivity index (χ3n) is 4.65. The van der Waals surface area contributed by atoms with Crippen LogP contribution < -0.4 is 11.1 Å². The van der Waals surface area contributed by atoms with Crippen molar-refractivity contribution in [2.45, 2.75) is 13.0 Å². The summed E-state index contributed by atoms with van der Waals surface area (Å²) in [4.78, 5) is 29.1. The van der Waals surface area contributed by atoms with Gasteiger partial charge < -0.3 is 21.0 Å². The van der Waals surface area contributed by atoms with Gasteiger partial charge in [-0.05, 0) is 6.07 Å². The van der Waals surface area contributed by atoms with Crippen molar-refractivity contribution >= 4 is 39.7 Å². The van der Waals surface area contributed by atoms with Crippen LogP contribution in [0.2, 0.25) is 0 Å². The highest BCUT2D eigenvalue weighted by Crippen LogP contribution is 2.30. The van der Waals surface area contributed by atoms with Crippen LogP contribution in [0.3, 0.4) is 0 Å².